The van der Waals surface area contributed by atoms with Crippen LogP contribution in [0.3, 0.4) is 0 Å². The molecule has 0 fully saturated rings. The molecule has 2 N–H and O–H groups in total. The molecule has 2 heterocycles. The fraction of sp³-hybridized carbons (Fsp3) is 0.500. The van der Waals surface area contributed by atoms with Gasteiger partial charge in [0.25, 0.3) is 0 Å². The van der Waals surface area contributed by atoms with Crippen molar-refractivity contribution in [2.45, 2.75) is 26.3 Å². The van der Waals surface area contributed by atoms with Crippen LogP contribution in [0.15, 0.2) is 23.7 Å². The molecule has 0 bridgehead atoms. The number of ether oxygens (including phenoxy) is 1. The number of aromatic nitrogens is 2. The largest absolute Gasteiger partial charge is 0.381 e. The molecular formula is C14H21N3OS. The number of rotatable bonds is 9. The zero-order valence-corrected chi connectivity index (χ0v) is 12.1. The van der Waals surface area contributed by atoms with Gasteiger partial charge in [-0.25, -0.2) is 0 Å². The van der Waals surface area contributed by atoms with Crippen molar-refractivity contribution in [3.63, 3.8) is 0 Å². The van der Waals surface area contributed by atoms with Crippen LogP contribution >= 0.6 is 11.3 Å². The van der Waals surface area contributed by atoms with Gasteiger partial charge >= 0.3 is 0 Å². The third-order valence-corrected chi connectivity index (χ3v) is 3.68. The zero-order valence-electron chi connectivity index (χ0n) is 11.3. The predicted octanol–water partition coefficient (Wildman–Crippen LogP) is 3.04. The van der Waals surface area contributed by atoms with E-state index in [0.29, 0.717) is 0 Å². The summed E-state index contributed by atoms with van der Waals surface area (Å²) < 4.78 is 5.45. The van der Waals surface area contributed by atoms with E-state index >= 15 is 0 Å². The quantitative estimate of drug-likeness (QED) is 0.694. The zero-order chi connectivity index (χ0) is 13.3. The van der Waals surface area contributed by atoms with Crippen LogP contribution in [-0.2, 0) is 11.3 Å². The van der Waals surface area contributed by atoms with Crippen LogP contribution in [0.4, 0.5) is 0 Å². The summed E-state index contributed by atoms with van der Waals surface area (Å²) in [6, 6.07) is 4.17. The molecule has 0 aliphatic heterocycles. The second-order valence-electron chi connectivity index (χ2n) is 4.39. The van der Waals surface area contributed by atoms with E-state index in [4.69, 9.17) is 4.74 Å². The Bertz CT molecular complexity index is 453. The summed E-state index contributed by atoms with van der Waals surface area (Å²) in [6.07, 6.45) is 4.04. The first-order chi connectivity index (χ1) is 9.42. The van der Waals surface area contributed by atoms with Crippen molar-refractivity contribution in [2.75, 3.05) is 19.8 Å². The Balaban J connectivity index is 1.71. The second-order valence-corrected chi connectivity index (χ2v) is 5.34. The molecule has 2 aromatic rings. The van der Waals surface area contributed by atoms with Crippen molar-refractivity contribution >= 4 is 11.3 Å². The molecular weight excluding hydrogens is 258 g/mol. The van der Waals surface area contributed by atoms with E-state index in [9.17, 15) is 0 Å². The van der Waals surface area contributed by atoms with Gasteiger partial charge in [-0.05, 0) is 30.8 Å². The van der Waals surface area contributed by atoms with Gasteiger partial charge < -0.3 is 10.1 Å². The Kier molecular flexibility index (Phi) is 6.07. The average molecular weight is 279 g/mol. The molecule has 0 saturated carbocycles. The van der Waals surface area contributed by atoms with Gasteiger partial charge in [0.05, 0.1) is 16.8 Å². The van der Waals surface area contributed by atoms with Crippen molar-refractivity contribution in [3.05, 3.63) is 29.3 Å². The minimum Gasteiger partial charge on any atom is -0.381 e. The number of H-pyrrole nitrogens is 1. The Labute approximate surface area is 118 Å². The van der Waals surface area contributed by atoms with Gasteiger partial charge in [0.2, 0.25) is 0 Å². The fourth-order valence-electron chi connectivity index (χ4n) is 1.85. The molecule has 0 spiro atoms. The molecule has 0 radical (unpaired) electrons. The Morgan fingerprint density at radius 1 is 1.42 bits per heavy atom. The molecule has 0 saturated heterocycles. The molecule has 19 heavy (non-hydrogen) atoms. The molecule has 5 heteroatoms. The van der Waals surface area contributed by atoms with E-state index in [1.54, 1.807) is 11.3 Å². The number of hydrogen-bond donors (Lipinski definition) is 2. The lowest BCUT2D eigenvalue weighted by molar-refractivity contribution is 0.132. The van der Waals surface area contributed by atoms with Crippen LogP contribution in [0.5, 0.6) is 0 Å². The third-order valence-electron chi connectivity index (χ3n) is 2.79. The van der Waals surface area contributed by atoms with Crippen molar-refractivity contribution in [1.29, 1.82) is 0 Å². The lowest BCUT2D eigenvalue weighted by Gasteiger charge is -2.05. The number of thiophene rings is 1. The van der Waals surface area contributed by atoms with Gasteiger partial charge in [-0.15, -0.1) is 11.3 Å². The summed E-state index contributed by atoms with van der Waals surface area (Å²) in [5, 5.41) is 12.7. The van der Waals surface area contributed by atoms with Crippen LogP contribution in [0, 0.1) is 0 Å². The molecule has 2 rings (SSSR count). The number of nitrogens with zero attached hydrogens (tertiary/aromatic N) is 1. The van der Waals surface area contributed by atoms with E-state index in [1.165, 1.54) is 10.4 Å². The molecule has 0 aliphatic carbocycles. The summed E-state index contributed by atoms with van der Waals surface area (Å²) in [5.74, 6) is 0. The van der Waals surface area contributed by atoms with Crippen molar-refractivity contribution < 1.29 is 4.74 Å². The van der Waals surface area contributed by atoms with E-state index in [0.717, 1.165) is 44.8 Å². The van der Waals surface area contributed by atoms with Crippen LogP contribution in [-0.4, -0.2) is 30.0 Å². The summed E-state index contributed by atoms with van der Waals surface area (Å²) in [5.41, 5.74) is 2.35. The smallest absolute Gasteiger partial charge is 0.0794 e. The van der Waals surface area contributed by atoms with E-state index < -0.39 is 0 Å². The summed E-state index contributed by atoms with van der Waals surface area (Å²) >= 11 is 1.73. The highest BCUT2D eigenvalue weighted by Crippen LogP contribution is 2.25. The monoisotopic (exact) mass is 279 g/mol. The fourth-order valence-corrected chi connectivity index (χ4v) is 2.60. The van der Waals surface area contributed by atoms with Crippen LogP contribution < -0.4 is 5.32 Å². The van der Waals surface area contributed by atoms with Crippen LogP contribution in [0.1, 0.15) is 25.3 Å². The highest BCUT2D eigenvalue weighted by atomic mass is 32.1. The van der Waals surface area contributed by atoms with E-state index in [2.05, 4.69) is 40.0 Å². The SMILES string of the molecule is CCCOCCCNCc1cn[nH]c1-c1cccs1. The van der Waals surface area contributed by atoms with Crippen molar-refractivity contribution in [3.8, 4) is 10.6 Å². The first-order valence-corrected chi connectivity index (χ1v) is 7.64. The highest BCUT2D eigenvalue weighted by Gasteiger charge is 2.07. The molecule has 0 aliphatic rings. The van der Waals surface area contributed by atoms with Gasteiger partial charge in [0, 0.05) is 25.3 Å². The van der Waals surface area contributed by atoms with Crippen molar-refractivity contribution in [2.24, 2.45) is 0 Å². The van der Waals surface area contributed by atoms with E-state index in [1.807, 2.05) is 6.20 Å². The normalized spacial score (nSPS) is 11.0. The van der Waals surface area contributed by atoms with Crippen molar-refractivity contribution in [1.82, 2.24) is 15.5 Å². The predicted molar refractivity (Wildman–Crippen MR) is 79.3 cm³/mol. The Hall–Kier alpha value is -1.17. The first kappa shape index (κ1) is 14.2. The van der Waals surface area contributed by atoms with Gasteiger partial charge in [-0.2, -0.15) is 5.10 Å². The first-order valence-electron chi connectivity index (χ1n) is 6.76. The molecule has 0 amide bonds. The molecule has 0 aromatic carbocycles. The number of nitrogens with one attached hydrogen (secondary N) is 2. The molecule has 104 valence electrons. The number of aromatic amines is 1. The maximum atomic E-state index is 5.45. The standard InChI is InChI=1S/C14H21N3OS/c1-2-7-18-8-4-6-15-10-12-11-16-17-14(12)13-5-3-9-19-13/h3,5,9,11,15H,2,4,6-8,10H2,1H3,(H,16,17). The van der Waals surface area contributed by atoms with Gasteiger partial charge in [0.1, 0.15) is 0 Å². The third kappa shape index (κ3) is 4.45. The maximum absolute atomic E-state index is 5.45. The number of hydrogen-bond acceptors (Lipinski definition) is 4. The second kappa shape index (κ2) is 8.09. The lowest BCUT2D eigenvalue weighted by Crippen LogP contribution is -2.16. The van der Waals surface area contributed by atoms with Gasteiger partial charge in [0.15, 0.2) is 0 Å². The highest BCUT2D eigenvalue weighted by molar-refractivity contribution is 7.13. The summed E-state index contributed by atoms with van der Waals surface area (Å²) in [4.78, 5) is 1.24. The maximum Gasteiger partial charge on any atom is 0.0794 e. The van der Waals surface area contributed by atoms with E-state index in [-0.39, 0.29) is 0 Å². The molecule has 0 atom stereocenters. The van der Waals surface area contributed by atoms with Crippen LogP contribution in [0.25, 0.3) is 10.6 Å². The van der Waals surface area contributed by atoms with Gasteiger partial charge in [-0.3, -0.25) is 5.10 Å². The van der Waals surface area contributed by atoms with Gasteiger partial charge in [-0.1, -0.05) is 13.0 Å². The summed E-state index contributed by atoms with van der Waals surface area (Å²) in [6.45, 7) is 5.65. The minimum atomic E-state index is 0.837. The Morgan fingerprint density at radius 2 is 2.37 bits per heavy atom. The molecule has 0 unspecified atom stereocenters. The summed E-state index contributed by atoms with van der Waals surface area (Å²) in [7, 11) is 0. The Morgan fingerprint density at radius 3 is 3.16 bits per heavy atom. The molecule has 2 aromatic heterocycles. The lowest BCUT2D eigenvalue weighted by atomic mass is 10.2. The topological polar surface area (TPSA) is 49.9 Å². The average Bonchev–Trinajstić information content (AvgIpc) is 3.08. The molecule has 4 nitrogen and oxygen atoms in total. The minimum absolute atomic E-state index is 0.837. The van der Waals surface area contributed by atoms with Crippen LogP contribution in [0.2, 0.25) is 0 Å².